The summed E-state index contributed by atoms with van der Waals surface area (Å²) < 4.78 is 13.5. The lowest BCUT2D eigenvalue weighted by Crippen LogP contribution is -2.24. The molecular weight excluding hydrogens is 309 g/mol. The number of aliphatic hydroxyl groups excluding tert-OH is 1. The van der Waals surface area contributed by atoms with E-state index in [2.05, 4.69) is 15.3 Å². The van der Waals surface area contributed by atoms with Gasteiger partial charge in [0.2, 0.25) is 5.91 Å². The summed E-state index contributed by atoms with van der Waals surface area (Å²) >= 11 is 0. The third kappa shape index (κ3) is 3.67. The van der Waals surface area contributed by atoms with Gasteiger partial charge in [0.25, 0.3) is 0 Å². The predicted octanol–water partition coefficient (Wildman–Crippen LogP) is 0.798. The fraction of sp³-hybridized carbons (Fsp3) is 0.154. The summed E-state index contributed by atoms with van der Waals surface area (Å²) in [5.41, 5.74) is 4.60. The number of aromatic nitrogens is 1. The maximum Gasteiger partial charge on any atom is 0.357 e. The zero-order chi connectivity index (χ0) is 17.1. The van der Waals surface area contributed by atoms with Crippen molar-refractivity contribution in [3.8, 4) is 0 Å². The molecule has 10 heteroatoms. The van der Waals surface area contributed by atoms with Gasteiger partial charge in [0.1, 0.15) is 11.6 Å². The molecule has 0 spiro atoms. The number of pyridine rings is 1. The standard InChI is InChI=1S/C13H12FN5O4/c14-7-1-5(4-17-11(7)13(22)23)18-10(21)2-6-8(20)3-9(15)19-12(6)16/h1,4,20H,2-3H2,(H,18,21)(H,22,23)(H3,15,16,19). The molecule has 1 aliphatic heterocycles. The summed E-state index contributed by atoms with van der Waals surface area (Å²) in [6, 6.07) is 0.810. The van der Waals surface area contributed by atoms with Crippen LogP contribution in [0.15, 0.2) is 28.6 Å². The Bertz CT molecular complexity index is 772. The molecule has 0 unspecified atom stereocenters. The number of rotatable bonds is 4. The number of anilines is 1. The summed E-state index contributed by atoms with van der Waals surface area (Å²) in [5.74, 6) is -3.78. The SMILES string of the molecule is N=C1N=C(N)CC(O)=C1CC(=O)Nc1cnc(C(=O)O)c(F)c1. The van der Waals surface area contributed by atoms with Crippen LogP contribution < -0.4 is 11.1 Å². The minimum atomic E-state index is -1.53. The largest absolute Gasteiger partial charge is 0.511 e. The molecule has 0 aromatic carbocycles. The molecule has 1 aromatic heterocycles. The lowest BCUT2D eigenvalue weighted by Gasteiger charge is -2.14. The highest BCUT2D eigenvalue weighted by Crippen LogP contribution is 2.19. The summed E-state index contributed by atoms with van der Waals surface area (Å²) in [5, 5.41) is 28.3. The van der Waals surface area contributed by atoms with Gasteiger partial charge in [-0.3, -0.25) is 10.2 Å². The molecule has 0 bridgehead atoms. The zero-order valence-corrected chi connectivity index (χ0v) is 11.6. The zero-order valence-electron chi connectivity index (χ0n) is 11.6. The van der Waals surface area contributed by atoms with E-state index < -0.39 is 23.4 Å². The molecule has 0 aliphatic carbocycles. The maximum atomic E-state index is 13.5. The van der Waals surface area contributed by atoms with Crippen LogP contribution in [0, 0.1) is 11.2 Å². The van der Waals surface area contributed by atoms with Crippen molar-refractivity contribution in [3.05, 3.63) is 35.1 Å². The van der Waals surface area contributed by atoms with Crippen LogP contribution in [0.5, 0.6) is 0 Å². The summed E-state index contributed by atoms with van der Waals surface area (Å²) in [4.78, 5) is 29.6. The van der Waals surface area contributed by atoms with Crippen LogP contribution in [0.25, 0.3) is 0 Å². The molecule has 6 N–H and O–H groups in total. The molecule has 2 heterocycles. The van der Waals surface area contributed by atoms with Gasteiger partial charge in [0.15, 0.2) is 17.3 Å². The summed E-state index contributed by atoms with van der Waals surface area (Å²) in [6.07, 6.45) is 0.555. The lowest BCUT2D eigenvalue weighted by molar-refractivity contribution is -0.115. The van der Waals surface area contributed by atoms with Crippen molar-refractivity contribution in [2.75, 3.05) is 5.32 Å². The van der Waals surface area contributed by atoms with Crippen molar-refractivity contribution in [2.45, 2.75) is 12.8 Å². The number of aromatic carboxylic acids is 1. The normalized spacial score (nSPS) is 14.5. The van der Waals surface area contributed by atoms with Gasteiger partial charge in [-0.05, 0) is 0 Å². The van der Waals surface area contributed by atoms with Crippen LogP contribution in [-0.4, -0.2) is 38.7 Å². The molecule has 0 saturated heterocycles. The van der Waals surface area contributed by atoms with Gasteiger partial charge in [0, 0.05) is 11.6 Å². The smallest absolute Gasteiger partial charge is 0.357 e. The minimum Gasteiger partial charge on any atom is -0.511 e. The van der Waals surface area contributed by atoms with Crippen LogP contribution in [0.2, 0.25) is 0 Å². The first-order chi connectivity index (χ1) is 10.8. The number of aliphatic hydroxyl groups is 1. The number of carbonyl (C=O) groups excluding carboxylic acids is 1. The highest BCUT2D eigenvalue weighted by Gasteiger charge is 2.21. The van der Waals surface area contributed by atoms with E-state index in [1.165, 1.54) is 0 Å². The van der Waals surface area contributed by atoms with Crippen LogP contribution in [0.4, 0.5) is 10.1 Å². The number of hydrogen-bond donors (Lipinski definition) is 5. The highest BCUT2D eigenvalue weighted by atomic mass is 19.1. The molecule has 1 aliphatic rings. The molecule has 120 valence electrons. The number of hydrogen-bond acceptors (Lipinski definition) is 6. The number of carbonyl (C=O) groups is 2. The van der Waals surface area contributed by atoms with Crippen LogP contribution in [0.1, 0.15) is 23.3 Å². The van der Waals surface area contributed by atoms with E-state index in [0.29, 0.717) is 0 Å². The monoisotopic (exact) mass is 321 g/mol. The van der Waals surface area contributed by atoms with Crippen molar-refractivity contribution < 1.29 is 24.2 Å². The van der Waals surface area contributed by atoms with Gasteiger partial charge < -0.3 is 21.3 Å². The highest BCUT2D eigenvalue weighted by molar-refractivity contribution is 6.11. The molecule has 23 heavy (non-hydrogen) atoms. The van der Waals surface area contributed by atoms with E-state index >= 15 is 0 Å². The second-order valence-electron chi connectivity index (χ2n) is 4.64. The van der Waals surface area contributed by atoms with Gasteiger partial charge in [-0.1, -0.05) is 0 Å². The summed E-state index contributed by atoms with van der Waals surface area (Å²) in [6.45, 7) is 0. The Labute approximate surface area is 128 Å². The second kappa shape index (κ2) is 6.22. The Morgan fingerprint density at radius 1 is 1.48 bits per heavy atom. The third-order valence-corrected chi connectivity index (χ3v) is 2.90. The number of nitrogens with zero attached hydrogens (tertiary/aromatic N) is 2. The van der Waals surface area contributed by atoms with Crippen molar-refractivity contribution in [1.82, 2.24) is 4.98 Å². The molecule has 2 rings (SSSR count). The van der Waals surface area contributed by atoms with Crippen molar-refractivity contribution in [2.24, 2.45) is 10.7 Å². The molecule has 1 amide bonds. The van der Waals surface area contributed by atoms with E-state index in [0.717, 1.165) is 12.3 Å². The van der Waals surface area contributed by atoms with Crippen molar-refractivity contribution in [1.29, 1.82) is 5.41 Å². The Morgan fingerprint density at radius 2 is 2.17 bits per heavy atom. The van der Waals surface area contributed by atoms with E-state index in [1.807, 2.05) is 0 Å². The number of halogens is 1. The van der Waals surface area contributed by atoms with Gasteiger partial charge in [-0.2, -0.15) is 0 Å². The number of dihydropyridines is 1. The van der Waals surface area contributed by atoms with Gasteiger partial charge in [-0.15, -0.1) is 0 Å². The maximum absolute atomic E-state index is 13.5. The number of carboxylic acids is 1. The minimum absolute atomic E-state index is 0.00675. The van der Waals surface area contributed by atoms with Gasteiger partial charge in [0.05, 0.1) is 24.7 Å². The van der Waals surface area contributed by atoms with Crippen LogP contribution >= 0.6 is 0 Å². The number of nitrogens with one attached hydrogen (secondary N) is 2. The van der Waals surface area contributed by atoms with Gasteiger partial charge in [-0.25, -0.2) is 19.2 Å². The Balaban J connectivity index is 2.09. The van der Waals surface area contributed by atoms with Crippen molar-refractivity contribution in [3.63, 3.8) is 0 Å². The topological polar surface area (TPSA) is 162 Å². The Kier molecular flexibility index (Phi) is 4.35. The van der Waals surface area contributed by atoms with Crippen molar-refractivity contribution >= 4 is 29.2 Å². The molecule has 0 fully saturated rings. The molecule has 0 atom stereocenters. The number of amides is 1. The first kappa shape index (κ1) is 16.1. The molecule has 0 radical (unpaired) electrons. The Morgan fingerprint density at radius 3 is 2.74 bits per heavy atom. The molecule has 1 aromatic rings. The quantitative estimate of drug-likeness (QED) is 0.551. The average Bonchev–Trinajstić information content (AvgIpc) is 2.42. The summed E-state index contributed by atoms with van der Waals surface area (Å²) in [7, 11) is 0. The first-order valence-corrected chi connectivity index (χ1v) is 6.29. The third-order valence-electron chi connectivity index (χ3n) is 2.90. The fourth-order valence-corrected chi connectivity index (χ4v) is 1.88. The van der Waals surface area contributed by atoms with E-state index in [4.69, 9.17) is 16.2 Å². The molecule has 9 nitrogen and oxygen atoms in total. The van der Waals surface area contributed by atoms with E-state index in [1.54, 1.807) is 0 Å². The molecular formula is C13H12FN5O4. The van der Waals surface area contributed by atoms with E-state index in [9.17, 15) is 19.1 Å². The first-order valence-electron chi connectivity index (χ1n) is 6.29. The Hall–Kier alpha value is -3.30. The fourth-order valence-electron chi connectivity index (χ4n) is 1.88. The van der Waals surface area contributed by atoms with Gasteiger partial charge >= 0.3 is 5.97 Å². The second-order valence-corrected chi connectivity index (χ2v) is 4.64. The van der Waals surface area contributed by atoms with Crippen LogP contribution in [0.3, 0.4) is 0 Å². The number of aliphatic imine (C=N–C) groups is 1. The van der Waals surface area contributed by atoms with E-state index in [-0.39, 0.29) is 41.5 Å². The predicted molar refractivity (Wildman–Crippen MR) is 78.0 cm³/mol. The van der Waals surface area contributed by atoms with Crippen LogP contribution in [-0.2, 0) is 4.79 Å². The molecule has 0 saturated carbocycles. The average molecular weight is 321 g/mol. The number of carboxylic acid groups (broad SMARTS) is 1. The number of amidine groups is 2. The number of nitrogens with two attached hydrogens (primary N) is 1. The lowest BCUT2D eigenvalue weighted by atomic mass is 10.1.